The highest BCUT2D eigenvalue weighted by molar-refractivity contribution is 5.35. The molecule has 0 radical (unpaired) electrons. The van der Waals surface area contributed by atoms with Gasteiger partial charge in [-0.25, -0.2) is 0 Å². The predicted octanol–water partition coefficient (Wildman–Crippen LogP) is 1.41. The van der Waals surface area contributed by atoms with Crippen LogP contribution in [0.1, 0.15) is 23.1 Å². The van der Waals surface area contributed by atoms with E-state index >= 15 is 0 Å². The van der Waals surface area contributed by atoms with E-state index < -0.39 is 6.10 Å². The summed E-state index contributed by atoms with van der Waals surface area (Å²) in [6, 6.07) is 6.68. The summed E-state index contributed by atoms with van der Waals surface area (Å²) in [7, 11) is 2.08. The molecular formula is C16H23NO2. The standard InChI is InChI=1S/C16H23NO2/c1-17-7-8-19-16(11-17)15(18)10-12-5-6-13-3-2-4-14(13)9-12/h5-6,9,15-16,18H,2-4,7-8,10-11H2,1H3. The van der Waals surface area contributed by atoms with Gasteiger partial charge in [0.05, 0.1) is 18.8 Å². The van der Waals surface area contributed by atoms with Crippen molar-refractivity contribution in [3.05, 3.63) is 34.9 Å². The van der Waals surface area contributed by atoms with Crippen molar-refractivity contribution in [3.8, 4) is 0 Å². The van der Waals surface area contributed by atoms with Gasteiger partial charge in [-0.1, -0.05) is 18.2 Å². The summed E-state index contributed by atoms with van der Waals surface area (Å²) in [4.78, 5) is 2.22. The number of morpholine rings is 1. The predicted molar refractivity (Wildman–Crippen MR) is 75.4 cm³/mol. The number of hydrogen-bond acceptors (Lipinski definition) is 3. The minimum Gasteiger partial charge on any atom is -0.390 e. The summed E-state index contributed by atoms with van der Waals surface area (Å²) < 4.78 is 5.68. The maximum atomic E-state index is 10.3. The first-order valence-corrected chi connectivity index (χ1v) is 7.31. The van der Waals surface area contributed by atoms with Crippen LogP contribution in [0.3, 0.4) is 0 Å². The van der Waals surface area contributed by atoms with Crippen molar-refractivity contribution in [2.75, 3.05) is 26.7 Å². The SMILES string of the molecule is CN1CCOC(C(O)Cc2ccc3c(c2)CCC3)C1. The van der Waals surface area contributed by atoms with E-state index in [2.05, 4.69) is 30.1 Å². The molecule has 1 saturated heterocycles. The van der Waals surface area contributed by atoms with E-state index in [1.807, 2.05) is 0 Å². The number of aliphatic hydroxyl groups is 1. The highest BCUT2D eigenvalue weighted by atomic mass is 16.5. The van der Waals surface area contributed by atoms with Crippen LogP contribution in [-0.2, 0) is 24.0 Å². The molecule has 1 aliphatic carbocycles. The van der Waals surface area contributed by atoms with Gasteiger partial charge in [-0.05, 0) is 43.0 Å². The van der Waals surface area contributed by atoms with Crippen LogP contribution >= 0.6 is 0 Å². The molecule has 104 valence electrons. The minimum absolute atomic E-state index is 0.0491. The van der Waals surface area contributed by atoms with Crippen LogP contribution in [0, 0.1) is 0 Å². The summed E-state index contributed by atoms with van der Waals surface area (Å²) in [5, 5.41) is 10.3. The first-order valence-electron chi connectivity index (χ1n) is 7.31. The molecule has 0 spiro atoms. The Kier molecular flexibility index (Phi) is 3.87. The van der Waals surface area contributed by atoms with E-state index in [1.54, 1.807) is 0 Å². The number of rotatable bonds is 3. The quantitative estimate of drug-likeness (QED) is 0.893. The Bertz CT molecular complexity index is 446. The van der Waals surface area contributed by atoms with Gasteiger partial charge in [0.25, 0.3) is 0 Å². The van der Waals surface area contributed by atoms with Crippen LogP contribution < -0.4 is 0 Å². The molecule has 3 heteroatoms. The third-order valence-corrected chi connectivity index (χ3v) is 4.33. The van der Waals surface area contributed by atoms with Crippen molar-refractivity contribution >= 4 is 0 Å². The summed E-state index contributed by atoms with van der Waals surface area (Å²) >= 11 is 0. The van der Waals surface area contributed by atoms with Crippen LogP contribution in [0.5, 0.6) is 0 Å². The lowest BCUT2D eigenvalue weighted by Crippen LogP contribution is -2.46. The lowest BCUT2D eigenvalue weighted by Gasteiger charge is -2.33. The van der Waals surface area contributed by atoms with Crippen LogP contribution in [-0.4, -0.2) is 49.0 Å². The second kappa shape index (κ2) is 5.61. The fourth-order valence-corrected chi connectivity index (χ4v) is 3.17. The van der Waals surface area contributed by atoms with E-state index in [1.165, 1.54) is 36.0 Å². The molecule has 2 atom stereocenters. The van der Waals surface area contributed by atoms with Crippen LogP contribution in [0.4, 0.5) is 0 Å². The molecule has 1 N–H and O–H groups in total. The Morgan fingerprint density at radius 3 is 3.05 bits per heavy atom. The molecule has 2 aliphatic rings. The average molecular weight is 261 g/mol. The molecule has 1 heterocycles. The largest absolute Gasteiger partial charge is 0.390 e. The lowest BCUT2D eigenvalue weighted by atomic mass is 9.99. The Morgan fingerprint density at radius 2 is 2.21 bits per heavy atom. The van der Waals surface area contributed by atoms with Gasteiger partial charge in [0.1, 0.15) is 0 Å². The smallest absolute Gasteiger partial charge is 0.0964 e. The molecule has 3 nitrogen and oxygen atoms in total. The van der Waals surface area contributed by atoms with E-state index in [0.717, 1.165) is 19.7 Å². The zero-order chi connectivity index (χ0) is 13.2. The lowest BCUT2D eigenvalue weighted by molar-refractivity contribution is -0.0823. The number of aliphatic hydroxyl groups excluding tert-OH is 1. The van der Waals surface area contributed by atoms with E-state index in [4.69, 9.17) is 4.74 Å². The van der Waals surface area contributed by atoms with Crippen molar-refractivity contribution in [2.24, 2.45) is 0 Å². The molecule has 1 aromatic carbocycles. The van der Waals surface area contributed by atoms with Crippen molar-refractivity contribution in [3.63, 3.8) is 0 Å². The van der Waals surface area contributed by atoms with Crippen molar-refractivity contribution in [1.29, 1.82) is 0 Å². The van der Waals surface area contributed by atoms with Gasteiger partial charge in [0, 0.05) is 19.5 Å². The fraction of sp³-hybridized carbons (Fsp3) is 0.625. The highest BCUT2D eigenvalue weighted by Gasteiger charge is 2.25. The molecule has 2 unspecified atom stereocenters. The third kappa shape index (κ3) is 2.99. The molecule has 3 rings (SSSR count). The number of ether oxygens (including phenoxy) is 1. The summed E-state index contributed by atoms with van der Waals surface area (Å²) in [6.45, 7) is 2.51. The number of fused-ring (bicyclic) bond motifs is 1. The van der Waals surface area contributed by atoms with Gasteiger partial charge >= 0.3 is 0 Å². The Balaban J connectivity index is 1.64. The molecule has 0 bridgehead atoms. The molecule has 0 aromatic heterocycles. The van der Waals surface area contributed by atoms with Crippen LogP contribution in [0.25, 0.3) is 0 Å². The van der Waals surface area contributed by atoms with Crippen LogP contribution in [0.15, 0.2) is 18.2 Å². The van der Waals surface area contributed by atoms with Crippen molar-refractivity contribution in [2.45, 2.75) is 37.9 Å². The van der Waals surface area contributed by atoms with E-state index in [0.29, 0.717) is 6.42 Å². The Labute approximate surface area is 115 Å². The number of hydrogen-bond donors (Lipinski definition) is 1. The molecule has 1 aromatic rings. The number of benzene rings is 1. The third-order valence-electron chi connectivity index (χ3n) is 4.33. The second-order valence-corrected chi connectivity index (χ2v) is 5.90. The van der Waals surface area contributed by atoms with E-state index in [-0.39, 0.29) is 6.10 Å². The van der Waals surface area contributed by atoms with Crippen molar-refractivity contribution in [1.82, 2.24) is 4.90 Å². The first kappa shape index (κ1) is 13.1. The molecule has 1 aliphatic heterocycles. The molecular weight excluding hydrogens is 238 g/mol. The highest BCUT2D eigenvalue weighted by Crippen LogP contribution is 2.24. The molecule has 0 saturated carbocycles. The minimum atomic E-state index is -0.401. The second-order valence-electron chi connectivity index (χ2n) is 5.90. The van der Waals surface area contributed by atoms with Gasteiger partial charge in [-0.15, -0.1) is 0 Å². The number of likely N-dealkylation sites (N-methyl/N-ethyl adjacent to an activating group) is 1. The monoisotopic (exact) mass is 261 g/mol. The topological polar surface area (TPSA) is 32.7 Å². The molecule has 0 amide bonds. The first-order chi connectivity index (χ1) is 9.22. The Hall–Kier alpha value is -0.900. The average Bonchev–Trinajstić information content (AvgIpc) is 2.86. The fourth-order valence-electron chi connectivity index (χ4n) is 3.17. The van der Waals surface area contributed by atoms with E-state index in [9.17, 15) is 5.11 Å². The number of nitrogens with zero attached hydrogens (tertiary/aromatic N) is 1. The molecule has 19 heavy (non-hydrogen) atoms. The number of aryl methyl sites for hydroxylation is 2. The van der Waals surface area contributed by atoms with Gasteiger partial charge in [0.15, 0.2) is 0 Å². The molecule has 1 fully saturated rings. The Morgan fingerprint density at radius 1 is 1.37 bits per heavy atom. The van der Waals surface area contributed by atoms with Gasteiger partial charge in [-0.3, -0.25) is 0 Å². The summed E-state index contributed by atoms with van der Waals surface area (Å²) in [5.41, 5.74) is 4.21. The van der Waals surface area contributed by atoms with Gasteiger partial charge in [-0.2, -0.15) is 0 Å². The zero-order valence-corrected chi connectivity index (χ0v) is 11.6. The maximum Gasteiger partial charge on any atom is 0.0964 e. The summed E-state index contributed by atoms with van der Waals surface area (Å²) in [6.07, 6.45) is 3.94. The van der Waals surface area contributed by atoms with Gasteiger partial charge in [0.2, 0.25) is 0 Å². The normalized spacial score (nSPS) is 25.3. The summed E-state index contributed by atoms with van der Waals surface area (Å²) in [5.74, 6) is 0. The van der Waals surface area contributed by atoms with Gasteiger partial charge < -0.3 is 14.7 Å². The zero-order valence-electron chi connectivity index (χ0n) is 11.6. The van der Waals surface area contributed by atoms with Crippen LogP contribution in [0.2, 0.25) is 0 Å². The maximum absolute atomic E-state index is 10.3. The van der Waals surface area contributed by atoms with Crippen molar-refractivity contribution < 1.29 is 9.84 Å².